The van der Waals surface area contributed by atoms with Crippen LogP contribution in [0, 0.1) is 0 Å². The van der Waals surface area contributed by atoms with E-state index in [0.29, 0.717) is 11.5 Å². The van der Waals surface area contributed by atoms with Crippen LogP contribution in [-0.2, 0) is 15.5 Å². The van der Waals surface area contributed by atoms with Gasteiger partial charge in [0.05, 0.1) is 0 Å². The molecule has 0 bridgehead atoms. The van der Waals surface area contributed by atoms with Crippen LogP contribution in [0.25, 0.3) is 0 Å². The van der Waals surface area contributed by atoms with Crippen LogP contribution < -0.4 is 5.32 Å². The molecule has 88 valence electrons. The minimum Gasteiger partial charge on any atom is -0.444 e. The maximum atomic E-state index is 11.4. The molecule has 0 atom stereocenters. The highest BCUT2D eigenvalue weighted by molar-refractivity contribution is 7.85. The second-order valence-corrected chi connectivity index (χ2v) is 6.46. The summed E-state index contributed by atoms with van der Waals surface area (Å²) in [7, 11) is -0.687. The van der Waals surface area contributed by atoms with E-state index >= 15 is 0 Å². The molecule has 1 aliphatic rings. The van der Waals surface area contributed by atoms with Gasteiger partial charge in [-0.15, -0.1) is 0 Å². The first-order chi connectivity index (χ1) is 6.87. The van der Waals surface area contributed by atoms with Gasteiger partial charge in [0.15, 0.2) is 0 Å². The van der Waals surface area contributed by atoms with Gasteiger partial charge >= 0.3 is 6.09 Å². The number of amides is 1. The largest absolute Gasteiger partial charge is 0.444 e. The normalized spacial score (nSPS) is 27.1. The summed E-state index contributed by atoms with van der Waals surface area (Å²) in [6.45, 7) is 5.51. The van der Waals surface area contributed by atoms with E-state index in [0.717, 1.165) is 12.8 Å². The van der Waals surface area contributed by atoms with E-state index < -0.39 is 16.4 Å². The molecule has 0 unspecified atom stereocenters. The van der Waals surface area contributed by atoms with E-state index in [1.54, 1.807) is 0 Å². The van der Waals surface area contributed by atoms with Crippen LogP contribution in [0.5, 0.6) is 0 Å². The lowest BCUT2D eigenvalue weighted by molar-refractivity contribution is 0.0501. The Morgan fingerprint density at radius 1 is 1.33 bits per heavy atom. The van der Waals surface area contributed by atoms with Crippen molar-refractivity contribution in [1.29, 1.82) is 0 Å². The zero-order chi connectivity index (χ0) is 11.5. The Labute approximate surface area is 93.2 Å². The highest BCUT2D eigenvalue weighted by Gasteiger charge is 2.22. The molecule has 1 amide bonds. The van der Waals surface area contributed by atoms with Crippen LogP contribution in [0.3, 0.4) is 0 Å². The SMILES string of the molecule is CC(C)(C)OC(=O)NC1CCS(=O)CC1. The molecule has 0 saturated carbocycles. The average Bonchev–Trinajstić information content (AvgIpc) is 2.05. The number of rotatable bonds is 1. The molecule has 0 aromatic heterocycles. The summed E-state index contributed by atoms with van der Waals surface area (Å²) in [5, 5.41) is 2.80. The maximum Gasteiger partial charge on any atom is 0.407 e. The van der Waals surface area contributed by atoms with Crippen molar-refractivity contribution in [2.24, 2.45) is 0 Å². The third-order valence-electron chi connectivity index (χ3n) is 2.11. The summed E-state index contributed by atoms with van der Waals surface area (Å²) in [6.07, 6.45) is 1.19. The lowest BCUT2D eigenvalue weighted by Crippen LogP contribution is -2.42. The van der Waals surface area contributed by atoms with Crippen molar-refractivity contribution in [3.05, 3.63) is 0 Å². The molecule has 0 aromatic rings. The standard InChI is InChI=1S/C10H19NO3S/c1-10(2,3)14-9(12)11-8-4-6-15(13)7-5-8/h8H,4-7H2,1-3H3,(H,11,12). The smallest absolute Gasteiger partial charge is 0.407 e. The van der Waals surface area contributed by atoms with Crippen LogP contribution >= 0.6 is 0 Å². The summed E-state index contributed by atoms with van der Waals surface area (Å²) in [5.41, 5.74) is -0.457. The van der Waals surface area contributed by atoms with E-state index in [2.05, 4.69) is 5.32 Å². The molecule has 1 N–H and O–H groups in total. The first-order valence-corrected chi connectivity index (χ1v) is 6.70. The Kier molecular flexibility index (Phi) is 4.13. The van der Waals surface area contributed by atoms with Crippen molar-refractivity contribution < 1.29 is 13.7 Å². The van der Waals surface area contributed by atoms with Gasteiger partial charge in [0.2, 0.25) is 0 Å². The predicted molar refractivity (Wildman–Crippen MR) is 60.3 cm³/mol. The molecule has 0 spiro atoms. The van der Waals surface area contributed by atoms with Gasteiger partial charge in [-0.1, -0.05) is 0 Å². The van der Waals surface area contributed by atoms with E-state index in [4.69, 9.17) is 4.74 Å². The number of ether oxygens (including phenoxy) is 1. The van der Waals surface area contributed by atoms with Gasteiger partial charge in [-0.05, 0) is 33.6 Å². The molecule has 0 aliphatic carbocycles. The van der Waals surface area contributed by atoms with Gasteiger partial charge < -0.3 is 10.1 Å². The predicted octanol–water partition coefficient (Wildman–Crippen LogP) is 1.42. The molecule has 5 heteroatoms. The Balaban J connectivity index is 2.29. The number of alkyl carbamates (subject to hydrolysis) is 1. The minimum absolute atomic E-state index is 0.123. The van der Waals surface area contributed by atoms with Gasteiger partial charge in [0.25, 0.3) is 0 Å². The second kappa shape index (κ2) is 4.96. The minimum atomic E-state index is -0.687. The molecular weight excluding hydrogens is 214 g/mol. The van der Waals surface area contributed by atoms with Crippen LogP contribution in [0.15, 0.2) is 0 Å². The lowest BCUT2D eigenvalue weighted by atomic mass is 10.1. The van der Waals surface area contributed by atoms with E-state index in [1.165, 1.54) is 0 Å². The average molecular weight is 233 g/mol. The molecule has 1 rings (SSSR count). The highest BCUT2D eigenvalue weighted by atomic mass is 32.2. The van der Waals surface area contributed by atoms with Gasteiger partial charge in [0.1, 0.15) is 5.60 Å². The monoisotopic (exact) mass is 233 g/mol. The molecule has 0 aromatic carbocycles. The Morgan fingerprint density at radius 2 is 1.87 bits per heavy atom. The van der Waals surface area contributed by atoms with E-state index in [1.807, 2.05) is 20.8 Å². The van der Waals surface area contributed by atoms with Gasteiger partial charge in [0, 0.05) is 28.3 Å². The van der Waals surface area contributed by atoms with E-state index in [9.17, 15) is 9.00 Å². The molecule has 1 aliphatic heterocycles. The number of nitrogens with one attached hydrogen (secondary N) is 1. The molecule has 15 heavy (non-hydrogen) atoms. The molecule has 1 fully saturated rings. The lowest BCUT2D eigenvalue weighted by Gasteiger charge is -2.25. The molecule has 0 radical (unpaired) electrons. The first-order valence-electron chi connectivity index (χ1n) is 5.21. The molecular formula is C10H19NO3S. The van der Waals surface area contributed by atoms with E-state index in [-0.39, 0.29) is 12.1 Å². The quantitative estimate of drug-likeness (QED) is 0.745. The van der Waals surface area contributed by atoms with Crippen LogP contribution in [0.1, 0.15) is 33.6 Å². The third-order valence-corrected chi connectivity index (χ3v) is 3.49. The molecule has 4 nitrogen and oxygen atoms in total. The van der Waals surface area contributed by atoms with Crippen molar-refractivity contribution in [2.45, 2.75) is 45.3 Å². The van der Waals surface area contributed by atoms with Crippen LogP contribution in [0.4, 0.5) is 4.79 Å². The summed E-state index contributed by atoms with van der Waals surface area (Å²) in [6, 6.07) is 0.123. The second-order valence-electron chi connectivity index (χ2n) is 4.77. The Hall–Kier alpha value is -0.580. The summed E-state index contributed by atoms with van der Waals surface area (Å²) in [5.74, 6) is 1.36. The fraction of sp³-hybridized carbons (Fsp3) is 0.900. The maximum absolute atomic E-state index is 11.4. The third kappa shape index (κ3) is 5.16. The van der Waals surface area contributed by atoms with Crippen molar-refractivity contribution >= 4 is 16.9 Å². The van der Waals surface area contributed by atoms with Crippen LogP contribution in [0.2, 0.25) is 0 Å². The number of hydrogen-bond donors (Lipinski definition) is 1. The van der Waals surface area contributed by atoms with Gasteiger partial charge in [-0.2, -0.15) is 0 Å². The number of carbonyl (C=O) groups excluding carboxylic acids is 1. The Morgan fingerprint density at radius 3 is 2.33 bits per heavy atom. The van der Waals surface area contributed by atoms with Crippen molar-refractivity contribution in [3.63, 3.8) is 0 Å². The fourth-order valence-corrected chi connectivity index (χ4v) is 2.71. The number of carbonyl (C=O) groups is 1. The summed E-state index contributed by atoms with van der Waals surface area (Å²) in [4.78, 5) is 11.4. The van der Waals surface area contributed by atoms with Crippen molar-refractivity contribution in [3.8, 4) is 0 Å². The van der Waals surface area contributed by atoms with Gasteiger partial charge in [-0.3, -0.25) is 4.21 Å². The van der Waals surface area contributed by atoms with Crippen molar-refractivity contribution in [2.75, 3.05) is 11.5 Å². The summed E-state index contributed by atoms with van der Waals surface area (Å²) < 4.78 is 16.2. The Bertz CT molecular complexity index is 250. The fourth-order valence-electron chi connectivity index (χ4n) is 1.41. The van der Waals surface area contributed by atoms with Crippen LogP contribution in [-0.4, -0.2) is 33.5 Å². The molecule has 1 heterocycles. The highest BCUT2D eigenvalue weighted by Crippen LogP contribution is 2.11. The summed E-state index contributed by atoms with van der Waals surface area (Å²) >= 11 is 0. The first kappa shape index (κ1) is 12.5. The number of hydrogen-bond acceptors (Lipinski definition) is 3. The van der Waals surface area contributed by atoms with Crippen molar-refractivity contribution in [1.82, 2.24) is 5.32 Å². The topological polar surface area (TPSA) is 55.4 Å². The molecule has 1 saturated heterocycles. The zero-order valence-corrected chi connectivity index (χ0v) is 10.4. The zero-order valence-electron chi connectivity index (χ0n) is 9.54. The van der Waals surface area contributed by atoms with Gasteiger partial charge in [-0.25, -0.2) is 4.79 Å².